The Morgan fingerprint density at radius 2 is 2.29 bits per heavy atom. The lowest BCUT2D eigenvalue weighted by molar-refractivity contribution is 0.0931. The number of nitrogens with one attached hydrogen (secondary N) is 1. The monoisotopic (exact) mass is 307 g/mol. The van der Waals surface area contributed by atoms with Crippen LogP contribution in [0.4, 0.5) is 0 Å². The number of rotatable bonds is 6. The third-order valence-corrected chi connectivity index (χ3v) is 3.98. The normalized spacial score (nSPS) is 12.1. The van der Waals surface area contributed by atoms with Gasteiger partial charge in [0.25, 0.3) is 11.5 Å². The van der Waals surface area contributed by atoms with E-state index >= 15 is 0 Å². The van der Waals surface area contributed by atoms with E-state index in [2.05, 4.69) is 10.4 Å². The van der Waals surface area contributed by atoms with Crippen molar-refractivity contribution < 1.29 is 9.53 Å². The van der Waals surface area contributed by atoms with Gasteiger partial charge in [0.2, 0.25) is 0 Å². The SMILES string of the molecule is COCCn1nc(C(=O)N[C@H](C)c2cccs2)ccc1=O. The second-order valence-electron chi connectivity index (χ2n) is 4.48. The molecule has 0 unspecified atom stereocenters. The van der Waals surface area contributed by atoms with Gasteiger partial charge in [0.05, 0.1) is 19.2 Å². The standard InChI is InChI=1S/C14H17N3O3S/c1-10(12-4-3-9-21-12)15-14(19)11-5-6-13(18)17(16-11)7-8-20-2/h3-6,9-10H,7-8H2,1-2H3,(H,15,19)/t10-/m1/s1. The van der Waals surface area contributed by atoms with Crippen molar-refractivity contribution in [1.82, 2.24) is 15.1 Å². The van der Waals surface area contributed by atoms with Crippen LogP contribution < -0.4 is 10.9 Å². The minimum Gasteiger partial charge on any atom is -0.383 e. The fourth-order valence-electron chi connectivity index (χ4n) is 1.79. The van der Waals surface area contributed by atoms with Crippen LogP contribution in [0.1, 0.15) is 28.3 Å². The van der Waals surface area contributed by atoms with Gasteiger partial charge in [-0.3, -0.25) is 9.59 Å². The zero-order valence-corrected chi connectivity index (χ0v) is 12.7. The molecule has 0 saturated carbocycles. The number of hydrogen-bond acceptors (Lipinski definition) is 5. The minimum absolute atomic E-state index is 0.0985. The number of carbonyl (C=O) groups is 1. The van der Waals surface area contributed by atoms with Crippen LogP contribution in [0.5, 0.6) is 0 Å². The molecule has 0 bridgehead atoms. The Hall–Kier alpha value is -1.99. The van der Waals surface area contributed by atoms with Gasteiger partial charge in [-0.05, 0) is 24.4 Å². The van der Waals surface area contributed by atoms with Crippen molar-refractivity contribution in [1.29, 1.82) is 0 Å². The summed E-state index contributed by atoms with van der Waals surface area (Å²) in [5.41, 5.74) is -0.0379. The molecule has 1 N–H and O–H groups in total. The van der Waals surface area contributed by atoms with Crippen LogP contribution in [-0.4, -0.2) is 29.4 Å². The molecule has 112 valence electrons. The van der Waals surface area contributed by atoms with Gasteiger partial charge in [0, 0.05) is 18.1 Å². The predicted molar refractivity (Wildman–Crippen MR) is 80.6 cm³/mol. The van der Waals surface area contributed by atoms with Gasteiger partial charge < -0.3 is 10.1 Å². The van der Waals surface area contributed by atoms with Crippen molar-refractivity contribution >= 4 is 17.2 Å². The van der Waals surface area contributed by atoms with Crippen LogP contribution in [-0.2, 0) is 11.3 Å². The highest BCUT2D eigenvalue weighted by molar-refractivity contribution is 7.10. The van der Waals surface area contributed by atoms with Crippen LogP contribution >= 0.6 is 11.3 Å². The Morgan fingerprint density at radius 3 is 2.95 bits per heavy atom. The van der Waals surface area contributed by atoms with Crippen molar-refractivity contribution in [2.75, 3.05) is 13.7 Å². The Kier molecular flexibility index (Phi) is 5.24. The molecular weight excluding hydrogens is 290 g/mol. The lowest BCUT2D eigenvalue weighted by atomic mass is 10.2. The van der Waals surface area contributed by atoms with E-state index in [9.17, 15) is 9.59 Å². The number of nitrogens with zero attached hydrogens (tertiary/aromatic N) is 2. The first kappa shape index (κ1) is 15.4. The lowest BCUT2D eigenvalue weighted by Crippen LogP contribution is -2.31. The predicted octanol–water partition coefficient (Wildman–Crippen LogP) is 1.44. The second kappa shape index (κ2) is 7.14. The van der Waals surface area contributed by atoms with Crippen molar-refractivity contribution in [3.63, 3.8) is 0 Å². The molecule has 1 atom stereocenters. The molecule has 0 aliphatic carbocycles. The summed E-state index contributed by atoms with van der Waals surface area (Å²) in [6, 6.07) is 6.57. The molecule has 6 nitrogen and oxygen atoms in total. The van der Waals surface area contributed by atoms with E-state index in [4.69, 9.17) is 4.74 Å². The van der Waals surface area contributed by atoms with Crippen molar-refractivity contribution in [3.05, 3.63) is 50.6 Å². The van der Waals surface area contributed by atoms with Crippen LogP contribution in [0.2, 0.25) is 0 Å². The molecule has 2 heterocycles. The van der Waals surface area contributed by atoms with E-state index in [-0.39, 0.29) is 23.2 Å². The Labute approximate surface area is 126 Å². The first-order valence-corrected chi connectivity index (χ1v) is 7.41. The highest BCUT2D eigenvalue weighted by Crippen LogP contribution is 2.18. The molecule has 7 heteroatoms. The summed E-state index contributed by atoms with van der Waals surface area (Å²) in [5, 5.41) is 8.88. The average molecular weight is 307 g/mol. The first-order valence-electron chi connectivity index (χ1n) is 6.53. The highest BCUT2D eigenvalue weighted by Gasteiger charge is 2.14. The Balaban J connectivity index is 2.10. The number of ether oxygens (including phenoxy) is 1. The molecule has 0 aliphatic rings. The third-order valence-electron chi connectivity index (χ3n) is 2.92. The molecule has 0 aromatic carbocycles. The highest BCUT2D eigenvalue weighted by atomic mass is 32.1. The molecule has 2 aromatic heterocycles. The number of aromatic nitrogens is 2. The lowest BCUT2D eigenvalue weighted by Gasteiger charge is -2.12. The van der Waals surface area contributed by atoms with Crippen LogP contribution in [0, 0.1) is 0 Å². The molecule has 0 fully saturated rings. The molecule has 0 radical (unpaired) electrons. The van der Waals surface area contributed by atoms with Crippen molar-refractivity contribution in [2.45, 2.75) is 19.5 Å². The molecule has 1 amide bonds. The van der Waals surface area contributed by atoms with E-state index in [1.807, 2.05) is 24.4 Å². The number of thiophene rings is 1. The average Bonchev–Trinajstić information content (AvgIpc) is 3.00. The van der Waals surface area contributed by atoms with Crippen LogP contribution in [0.25, 0.3) is 0 Å². The molecule has 0 aliphatic heterocycles. The summed E-state index contributed by atoms with van der Waals surface area (Å²) in [7, 11) is 1.55. The van der Waals surface area contributed by atoms with Crippen LogP contribution in [0.15, 0.2) is 34.4 Å². The van der Waals surface area contributed by atoms with Gasteiger partial charge in [-0.25, -0.2) is 4.68 Å². The molecule has 0 spiro atoms. The molecule has 2 rings (SSSR count). The second-order valence-corrected chi connectivity index (χ2v) is 5.46. The summed E-state index contributed by atoms with van der Waals surface area (Å²) in [5.74, 6) is -0.304. The van der Waals surface area contributed by atoms with Gasteiger partial charge in [0.1, 0.15) is 5.69 Å². The molecule has 0 saturated heterocycles. The summed E-state index contributed by atoms with van der Waals surface area (Å²) in [6.07, 6.45) is 0. The smallest absolute Gasteiger partial charge is 0.272 e. The zero-order chi connectivity index (χ0) is 15.2. The van der Waals surface area contributed by atoms with E-state index in [0.717, 1.165) is 4.88 Å². The quantitative estimate of drug-likeness (QED) is 0.876. The molecular formula is C14H17N3O3S. The number of amides is 1. The van der Waals surface area contributed by atoms with Gasteiger partial charge in [-0.15, -0.1) is 11.3 Å². The fourth-order valence-corrected chi connectivity index (χ4v) is 2.52. The van der Waals surface area contributed by atoms with E-state index in [1.54, 1.807) is 18.4 Å². The number of hydrogen-bond donors (Lipinski definition) is 1. The van der Waals surface area contributed by atoms with Gasteiger partial charge in [0.15, 0.2) is 0 Å². The molecule has 2 aromatic rings. The maximum Gasteiger partial charge on any atom is 0.272 e. The summed E-state index contributed by atoms with van der Waals surface area (Å²) < 4.78 is 6.15. The Bertz CT molecular complexity index is 652. The number of carbonyl (C=O) groups excluding carboxylic acids is 1. The maximum absolute atomic E-state index is 12.2. The number of methoxy groups -OCH3 is 1. The summed E-state index contributed by atoms with van der Waals surface area (Å²) in [4.78, 5) is 24.9. The zero-order valence-electron chi connectivity index (χ0n) is 11.9. The van der Waals surface area contributed by atoms with E-state index < -0.39 is 0 Å². The van der Waals surface area contributed by atoms with Gasteiger partial charge in [-0.1, -0.05) is 6.07 Å². The maximum atomic E-state index is 12.2. The minimum atomic E-state index is -0.304. The van der Waals surface area contributed by atoms with Crippen LogP contribution in [0.3, 0.4) is 0 Å². The Morgan fingerprint density at radius 1 is 1.48 bits per heavy atom. The summed E-state index contributed by atoms with van der Waals surface area (Å²) in [6.45, 7) is 2.59. The first-order chi connectivity index (χ1) is 10.1. The third kappa shape index (κ3) is 3.99. The largest absolute Gasteiger partial charge is 0.383 e. The van der Waals surface area contributed by atoms with E-state index in [0.29, 0.717) is 13.2 Å². The van der Waals surface area contributed by atoms with Crippen molar-refractivity contribution in [3.8, 4) is 0 Å². The topological polar surface area (TPSA) is 73.2 Å². The van der Waals surface area contributed by atoms with Crippen molar-refractivity contribution in [2.24, 2.45) is 0 Å². The molecule has 21 heavy (non-hydrogen) atoms. The fraction of sp³-hybridized carbons (Fsp3) is 0.357. The van der Waals surface area contributed by atoms with Gasteiger partial charge >= 0.3 is 0 Å². The van der Waals surface area contributed by atoms with Gasteiger partial charge in [-0.2, -0.15) is 5.10 Å². The summed E-state index contributed by atoms with van der Waals surface area (Å²) >= 11 is 1.58. The van der Waals surface area contributed by atoms with E-state index in [1.165, 1.54) is 16.8 Å².